The van der Waals surface area contributed by atoms with Crippen LogP contribution in [0.1, 0.15) is 29.8 Å². The van der Waals surface area contributed by atoms with Crippen LogP contribution in [-0.4, -0.2) is 30.7 Å². The van der Waals surface area contributed by atoms with Crippen molar-refractivity contribution < 1.29 is 18.7 Å². The molecule has 0 aliphatic heterocycles. The van der Waals surface area contributed by atoms with Crippen molar-refractivity contribution in [3.63, 3.8) is 0 Å². The Kier molecular flexibility index (Phi) is 7.92. The molecule has 2 rings (SSSR count). The van der Waals surface area contributed by atoms with Gasteiger partial charge in [-0.15, -0.1) is 6.42 Å². The number of carbonyl (C=O) groups excluding carboxylic acids is 2. The van der Waals surface area contributed by atoms with Crippen molar-refractivity contribution in [1.29, 1.82) is 0 Å². The van der Waals surface area contributed by atoms with Gasteiger partial charge in [0.05, 0.1) is 6.21 Å². The van der Waals surface area contributed by atoms with Gasteiger partial charge in [-0.05, 0) is 42.3 Å². The summed E-state index contributed by atoms with van der Waals surface area (Å²) in [6.45, 7) is 3.70. The first-order valence-corrected chi connectivity index (χ1v) is 8.97. The number of hydrogen-bond acceptors (Lipinski definition) is 4. The number of para-hydroxylation sites is 1. The normalized spacial score (nSPS) is 11.7. The summed E-state index contributed by atoms with van der Waals surface area (Å²) < 4.78 is 18.4. The van der Waals surface area contributed by atoms with Crippen molar-refractivity contribution in [3.8, 4) is 18.1 Å². The lowest BCUT2D eigenvalue weighted by Crippen LogP contribution is -2.48. The molecule has 0 saturated heterocycles. The highest BCUT2D eigenvalue weighted by molar-refractivity contribution is 5.97. The van der Waals surface area contributed by atoms with Crippen LogP contribution in [0.2, 0.25) is 0 Å². The minimum Gasteiger partial charge on any atom is -0.480 e. The van der Waals surface area contributed by atoms with Gasteiger partial charge in [0.2, 0.25) is 0 Å². The van der Waals surface area contributed by atoms with Crippen LogP contribution in [0.25, 0.3) is 0 Å². The van der Waals surface area contributed by atoms with E-state index in [1.54, 1.807) is 38.1 Å². The second-order valence-corrected chi connectivity index (χ2v) is 6.47. The number of halogens is 1. The molecule has 0 aromatic heterocycles. The number of nitrogens with one attached hydrogen (secondary N) is 2. The number of terminal acetylenes is 1. The number of nitrogens with zero attached hydrogens (tertiary/aromatic N) is 1. The molecule has 0 fully saturated rings. The molecule has 7 heteroatoms. The van der Waals surface area contributed by atoms with Crippen molar-refractivity contribution in [3.05, 3.63) is 65.5 Å². The molecule has 2 aromatic carbocycles. The van der Waals surface area contributed by atoms with Crippen LogP contribution in [0, 0.1) is 24.1 Å². The van der Waals surface area contributed by atoms with Gasteiger partial charge in [-0.25, -0.2) is 9.82 Å². The van der Waals surface area contributed by atoms with E-state index in [0.29, 0.717) is 11.3 Å². The number of hydrazone groups is 1. The molecule has 29 heavy (non-hydrogen) atoms. The molecule has 6 nitrogen and oxygen atoms in total. The zero-order valence-electron chi connectivity index (χ0n) is 16.2. The summed E-state index contributed by atoms with van der Waals surface area (Å²) in [5, 5.41) is 6.59. The molecule has 2 amide bonds. The van der Waals surface area contributed by atoms with Gasteiger partial charge in [-0.3, -0.25) is 9.59 Å². The number of rotatable bonds is 8. The standard InChI is InChI=1S/C22H22FN3O3/c1-4-13-29-19-8-6-5-7-17(19)14-24-26-22(28)20(15(2)3)25-21(27)16-9-11-18(23)12-10-16/h1,5-12,14-15,20H,13H2,2-3H3,(H,25,27)(H,26,28). The molecule has 0 spiro atoms. The molecule has 0 aliphatic rings. The average molecular weight is 395 g/mol. The van der Waals surface area contributed by atoms with Gasteiger partial charge in [-0.2, -0.15) is 5.10 Å². The predicted octanol–water partition coefficient (Wildman–Crippen LogP) is 2.74. The molecule has 150 valence electrons. The van der Waals surface area contributed by atoms with Crippen LogP contribution in [0.15, 0.2) is 53.6 Å². The fourth-order valence-corrected chi connectivity index (χ4v) is 2.43. The fourth-order valence-electron chi connectivity index (χ4n) is 2.43. The molecular formula is C22H22FN3O3. The molecule has 1 unspecified atom stereocenters. The number of carbonyl (C=O) groups is 2. The second kappa shape index (κ2) is 10.6. The highest BCUT2D eigenvalue weighted by Crippen LogP contribution is 2.15. The largest absolute Gasteiger partial charge is 0.480 e. The van der Waals surface area contributed by atoms with Gasteiger partial charge < -0.3 is 10.1 Å². The highest BCUT2D eigenvalue weighted by Gasteiger charge is 2.24. The summed E-state index contributed by atoms with van der Waals surface area (Å²) in [5.74, 6) is 1.33. The number of amides is 2. The van der Waals surface area contributed by atoms with Gasteiger partial charge in [0, 0.05) is 11.1 Å². The average Bonchev–Trinajstić information content (AvgIpc) is 2.71. The van der Waals surface area contributed by atoms with Crippen LogP contribution in [0.3, 0.4) is 0 Å². The fraction of sp³-hybridized carbons (Fsp3) is 0.227. The molecule has 2 N–H and O–H groups in total. The lowest BCUT2D eigenvalue weighted by Gasteiger charge is -2.20. The Hall–Kier alpha value is -3.66. The molecule has 2 aromatic rings. The van der Waals surface area contributed by atoms with Crippen molar-refractivity contribution in [2.45, 2.75) is 19.9 Å². The third-order valence-corrected chi connectivity index (χ3v) is 3.95. The lowest BCUT2D eigenvalue weighted by molar-refractivity contribution is -0.123. The Bertz CT molecular complexity index is 918. The summed E-state index contributed by atoms with van der Waals surface area (Å²) in [5.41, 5.74) is 3.32. The third kappa shape index (κ3) is 6.47. The summed E-state index contributed by atoms with van der Waals surface area (Å²) in [6.07, 6.45) is 6.63. The van der Waals surface area contributed by atoms with Crippen molar-refractivity contribution in [1.82, 2.24) is 10.7 Å². The zero-order valence-corrected chi connectivity index (χ0v) is 16.2. The highest BCUT2D eigenvalue weighted by atomic mass is 19.1. The monoisotopic (exact) mass is 395 g/mol. The first-order valence-electron chi connectivity index (χ1n) is 8.97. The van der Waals surface area contributed by atoms with E-state index in [4.69, 9.17) is 11.2 Å². The molecular weight excluding hydrogens is 373 g/mol. The van der Waals surface area contributed by atoms with Crippen LogP contribution in [0.5, 0.6) is 5.75 Å². The molecule has 0 heterocycles. The van der Waals surface area contributed by atoms with Gasteiger partial charge >= 0.3 is 0 Å². The smallest absolute Gasteiger partial charge is 0.262 e. The van der Waals surface area contributed by atoms with Gasteiger partial charge in [0.15, 0.2) is 0 Å². The van der Waals surface area contributed by atoms with E-state index in [1.807, 2.05) is 0 Å². The van der Waals surface area contributed by atoms with E-state index in [9.17, 15) is 14.0 Å². The van der Waals surface area contributed by atoms with Crippen molar-refractivity contribution in [2.24, 2.45) is 11.0 Å². The minimum absolute atomic E-state index is 0.113. The van der Waals surface area contributed by atoms with E-state index in [1.165, 1.54) is 30.5 Å². The topological polar surface area (TPSA) is 79.8 Å². The maximum Gasteiger partial charge on any atom is 0.262 e. The summed E-state index contributed by atoms with van der Waals surface area (Å²) >= 11 is 0. The van der Waals surface area contributed by atoms with Crippen molar-refractivity contribution in [2.75, 3.05) is 6.61 Å². The Labute approximate surface area is 169 Å². The van der Waals surface area contributed by atoms with E-state index >= 15 is 0 Å². The van der Waals surface area contributed by atoms with E-state index in [-0.39, 0.29) is 18.1 Å². The summed E-state index contributed by atoms with van der Waals surface area (Å²) in [7, 11) is 0. The first kappa shape index (κ1) is 21.6. The Morgan fingerprint density at radius 2 is 1.90 bits per heavy atom. The quantitative estimate of drug-likeness (QED) is 0.410. The first-order chi connectivity index (χ1) is 13.9. The summed E-state index contributed by atoms with van der Waals surface area (Å²) in [6, 6.07) is 11.3. The minimum atomic E-state index is -0.822. The third-order valence-electron chi connectivity index (χ3n) is 3.95. The SMILES string of the molecule is C#CCOc1ccccc1C=NNC(=O)C(NC(=O)c1ccc(F)cc1)C(C)C. The van der Waals surface area contributed by atoms with Crippen LogP contribution >= 0.6 is 0 Å². The molecule has 0 radical (unpaired) electrons. The Morgan fingerprint density at radius 3 is 2.55 bits per heavy atom. The number of hydrogen-bond donors (Lipinski definition) is 2. The van der Waals surface area contributed by atoms with Crippen LogP contribution in [-0.2, 0) is 4.79 Å². The number of benzene rings is 2. The lowest BCUT2D eigenvalue weighted by atomic mass is 10.0. The van der Waals surface area contributed by atoms with E-state index in [2.05, 4.69) is 21.8 Å². The van der Waals surface area contributed by atoms with Crippen LogP contribution in [0.4, 0.5) is 4.39 Å². The van der Waals surface area contributed by atoms with E-state index < -0.39 is 23.7 Å². The van der Waals surface area contributed by atoms with Gasteiger partial charge in [-0.1, -0.05) is 31.9 Å². The second-order valence-electron chi connectivity index (χ2n) is 6.47. The Morgan fingerprint density at radius 1 is 1.21 bits per heavy atom. The predicted molar refractivity (Wildman–Crippen MR) is 109 cm³/mol. The van der Waals surface area contributed by atoms with Crippen molar-refractivity contribution >= 4 is 18.0 Å². The molecule has 1 atom stereocenters. The van der Waals surface area contributed by atoms with Gasteiger partial charge in [0.25, 0.3) is 11.8 Å². The maximum atomic E-state index is 13.0. The molecule has 0 bridgehead atoms. The number of ether oxygens (including phenoxy) is 1. The maximum absolute atomic E-state index is 13.0. The summed E-state index contributed by atoms with van der Waals surface area (Å²) in [4.78, 5) is 24.8. The van der Waals surface area contributed by atoms with Gasteiger partial charge in [0.1, 0.15) is 24.2 Å². The van der Waals surface area contributed by atoms with Crippen LogP contribution < -0.4 is 15.5 Å². The Balaban J connectivity index is 2.03. The zero-order chi connectivity index (χ0) is 21.2. The van der Waals surface area contributed by atoms with E-state index in [0.717, 1.165) is 0 Å². The molecule has 0 aliphatic carbocycles. The molecule has 0 saturated carbocycles.